The minimum absolute atomic E-state index is 0.0144. The highest BCUT2D eigenvalue weighted by atomic mass is 16.5. The second-order valence-corrected chi connectivity index (χ2v) is 6.81. The first-order chi connectivity index (χ1) is 14.0. The van der Waals surface area contributed by atoms with Crippen molar-refractivity contribution in [2.45, 2.75) is 19.4 Å². The van der Waals surface area contributed by atoms with Gasteiger partial charge in [0.1, 0.15) is 17.1 Å². The first kappa shape index (κ1) is 18.6. The van der Waals surface area contributed by atoms with Gasteiger partial charge in [-0.25, -0.2) is 4.79 Å². The molecule has 7 heteroatoms. The average molecular weight is 392 g/mol. The summed E-state index contributed by atoms with van der Waals surface area (Å²) >= 11 is 0. The van der Waals surface area contributed by atoms with Crippen molar-refractivity contribution in [3.63, 3.8) is 0 Å². The average Bonchev–Trinajstić information content (AvgIpc) is 2.86. The molecule has 3 N–H and O–H groups in total. The van der Waals surface area contributed by atoms with Crippen molar-refractivity contribution in [1.82, 2.24) is 0 Å². The molecule has 1 atom stereocenters. The molecular weight excluding hydrogens is 372 g/mol. The SMILES string of the molecule is COc1ccc([C@@H]2CC(c3c(O)cc(C)oc3=O)=Nc3ccccc3N2)cc1O. The maximum absolute atomic E-state index is 12.5. The molecular formula is C22H20N2O5. The molecule has 0 amide bonds. The second kappa shape index (κ2) is 7.35. The van der Waals surface area contributed by atoms with Gasteiger partial charge >= 0.3 is 5.63 Å². The maximum atomic E-state index is 12.5. The molecule has 0 saturated heterocycles. The second-order valence-electron chi connectivity index (χ2n) is 6.81. The number of nitrogens with zero attached hydrogens (tertiary/aromatic N) is 1. The van der Waals surface area contributed by atoms with Crippen LogP contribution in [-0.2, 0) is 0 Å². The van der Waals surface area contributed by atoms with E-state index in [4.69, 9.17) is 9.15 Å². The van der Waals surface area contributed by atoms with Gasteiger partial charge in [0.25, 0.3) is 0 Å². The lowest BCUT2D eigenvalue weighted by Crippen LogP contribution is -2.20. The number of nitrogens with one attached hydrogen (secondary N) is 1. The molecule has 2 heterocycles. The lowest BCUT2D eigenvalue weighted by molar-refractivity contribution is 0.373. The third-order valence-corrected chi connectivity index (χ3v) is 4.83. The van der Waals surface area contributed by atoms with Gasteiger partial charge in [-0.2, -0.15) is 0 Å². The Kier molecular flexibility index (Phi) is 4.72. The fourth-order valence-electron chi connectivity index (χ4n) is 3.46. The number of rotatable bonds is 3. The standard InChI is InChI=1S/C22H20N2O5/c1-12-9-19(26)21(22(27)29-12)17-11-16(13-7-8-20(28-2)18(25)10-13)23-14-5-3-4-6-15(14)24-17/h3-10,16,23,25-26H,11H2,1-2H3/t16-/m0/s1. The molecule has 0 aliphatic carbocycles. The van der Waals surface area contributed by atoms with Crippen LogP contribution in [0.5, 0.6) is 17.2 Å². The van der Waals surface area contributed by atoms with Crippen LogP contribution in [-0.4, -0.2) is 23.0 Å². The monoisotopic (exact) mass is 392 g/mol. The summed E-state index contributed by atoms with van der Waals surface area (Å²) in [7, 11) is 1.49. The van der Waals surface area contributed by atoms with Gasteiger partial charge in [0, 0.05) is 12.5 Å². The molecule has 7 nitrogen and oxygen atoms in total. The first-order valence-electron chi connectivity index (χ1n) is 9.10. The molecule has 2 aromatic carbocycles. The molecule has 0 spiro atoms. The van der Waals surface area contributed by atoms with E-state index in [0.29, 0.717) is 29.3 Å². The molecule has 0 saturated carbocycles. The number of methoxy groups -OCH3 is 1. The predicted octanol–water partition coefficient (Wildman–Crippen LogP) is 4.05. The van der Waals surface area contributed by atoms with Crippen LogP contribution in [0.15, 0.2) is 62.7 Å². The number of aliphatic imine (C=N–C) groups is 1. The Hall–Kier alpha value is -3.74. The van der Waals surface area contributed by atoms with Crippen molar-refractivity contribution in [3.8, 4) is 17.2 Å². The summed E-state index contributed by atoms with van der Waals surface area (Å²) in [4.78, 5) is 17.1. The Morgan fingerprint density at radius 2 is 1.93 bits per heavy atom. The number of fused-ring (bicyclic) bond motifs is 1. The van der Waals surface area contributed by atoms with Crippen molar-refractivity contribution < 1.29 is 19.4 Å². The Balaban J connectivity index is 1.85. The van der Waals surface area contributed by atoms with Crippen LogP contribution >= 0.6 is 0 Å². The zero-order chi connectivity index (χ0) is 20.5. The lowest BCUT2D eigenvalue weighted by atomic mass is 9.97. The third-order valence-electron chi connectivity index (χ3n) is 4.83. The fraction of sp³-hybridized carbons (Fsp3) is 0.182. The predicted molar refractivity (Wildman–Crippen MR) is 110 cm³/mol. The summed E-state index contributed by atoms with van der Waals surface area (Å²) in [6, 6.07) is 13.6. The lowest BCUT2D eigenvalue weighted by Gasteiger charge is -2.20. The number of phenols is 1. The van der Waals surface area contributed by atoms with Gasteiger partial charge in [-0.1, -0.05) is 18.2 Å². The first-order valence-corrected chi connectivity index (χ1v) is 9.10. The van der Waals surface area contributed by atoms with Crippen molar-refractivity contribution in [3.05, 3.63) is 75.8 Å². The number of hydrogen-bond acceptors (Lipinski definition) is 7. The highest BCUT2D eigenvalue weighted by Gasteiger charge is 2.25. The highest BCUT2D eigenvalue weighted by Crippen LogP contribution is 2.38. The van der Waals surface area contributed by atoms with Gasteiger partial charge in [-0.15, -0.1) is 0 Å². The van der Waals surface area contributed by atoms with Crippen molar-refractivity contribution in [2.24, 2.45) is 4.99 Å². The van der Waals surface area contributed by atoms with Gasteiger partial charge in [0.15, 0.2) is 11.5 Å². The number of benzene rings is 2. The van der Waals surface area contributed by atoms with Crippen molar-refractivity contribution >= 4 is 17.1 Å². The summed E-state index contributed by atoms with van der Waals surface area (Å²) in [6.45, 7) is 1.60. The van der Waals surface area contributed by atoms with Crippen LogP contribution in [0, 0.1) is 6.92 Å². The normalized spacial score (nSPS) is 15.7. The molecule has 3 aromatic rings. The van der Waals surface area contributed by atoms with E-state index < -0.39 is 5.63 Å². The Bertz CT molecular complexity index is 1170. The summed E-state index contributed by atoms with van der Waals surface area (Å²) in [5.74, 6) is 0.530. The molecule has 0 unspecified atom stereocenters. The van der Waals surface area contributed by atoms with Crippen LogP contribution in [0.1, 0.15) is 29.3 Å². The Morgan fingerprint density at radius 3 is 2.66 bits per heavy atom. The van der Waals surface area contributed by atoms with Crippen LogP contribution in [0.4, 0.5) is 11.4 Å². The van der Waals surface area contributed by atoms with E-state index in [-0.39, 0.29) is 23.1 Å². The molecule has 29 heavy (non-hydrogen) atoms. The number of ether oxygens (including phenoxy) is 1. The Labute approximate surface area is 166 Å². The Morgan fingerprint density at radius 1 is 1.14 bits per heavy atom. The summed E-state index contributed by atoms with van der Waals surface area (Å²) in [5.41, 5.74) is 1.99. The van der Waals surface area contributed by atoms with Crippen LogP contribution in [0.3, 0.4) is 0 Å². The maximum Gasteiger partial charge on any atom is 0.348 e. The van der Waals surface area contributed by atoms with Crippen LogP contribution in [0.2, 0.25) is 0 Å². The smallest absolute Gasteiger partial charge is 0.348 e. The number of anilines is 1. The number of para-hydroxylation sites is 2. The summed E-state index contributed by atoms with van der Waals surface area (Å²) < 4.78 is 10.3. The van der Waals surface area contributed by atoms with E-state index in [0.717, 1.165) is 11.3 Å². The van der Waals surface area contributed by atoms with Crippen LogP contribution in [0.25, 0.3) is 0 Å². The van der Waals surface area contributed by atoms with Crippen LogP contribution < -0.4 is 15.7 Å². The van der Waals surface area contributed by atoms with Crippen molar-refractivity contribution in [2.75, 3.05) is 12.4 Å². The number of aryl methyl sites for hydroxylation is 1. The molecule has 1 aromatic heterocycles. The number of hydrogen-bond donors (Lipinski definition) is 3. The molecule has 1 aliphatic heterocycles. The molecule has 0 bridgehead atoms. The molecule has 0 radical (unpaired) electrons. The van der Waals surface area contributed by atoms with E-state index >= 15 is 0 Å². The highest BCUT2D eigenvalue weighted by molar-refractivity contribution is 6.05. The van der Waals surface area contributed by atoms with Gasteiger partial charge in [0.05, 0.1) is 30.2 Å². The summed E-state index contributed by atoms with van der Waals surface area (Å²) in [5, 5.41) is 24.0. The molecule has 1 aliphatic rings. The molecule has 148 valence electrons. The molecule has 0 fully saturated rings. The minimum atomic E-state index is -0.642. The third kappa shape index (κ3) is 3.54. The zero-order valence-corrected chi connectivity index (χ0v) is 16.0. The largest absolute Gasteiger partial charge is 0.507 e. The molecule has 4 rings (SSSR count). The fourth-order valence-corrected chi connectivity index (χ4v) is 3.46. The number of aromatic hydroxyl groups is 2. The van der Waals surface area contributed by atoms with Gasteiger partial charge < -0.3 is 24.7 Å². The van der Waals surface area contributed by atoms with E-state index in [9.17, 15) is 15.0 Å². The number of phenolic OH excluding ortho intramolecular Hbond substituents is 1. The summed E-state index contributed by atoms with van der Waals surface area (Å²) in [6.07, 6.45) is 0.293. The van der Waals surface area contributed by atoms with Gasteiger partial charge in [-0.05, 0) is 36.8 Å². The zero-order valence-electron chi connectivity index (χ0n) is 16.0. The van der Waals surface area contributed by atoms with E-state index in [2.05, 4.69) is 10.3 Å². The minimum Gasteiger partial charge on any atom is -0.507 e. The van der Waals surface area contributed by atoms with E-state index in [1.54, 1.807) is 19.1 Å². The van der Waals surface area contributed by atoms with E-state index in [1.807, 2.05) is 30.3 Å². The quantitative estimate of drug-likeness (QED) is 0.621. The van der Waals surface area contributed by atoms with Gasteiger partial charge in [0.2, 0.25) is 0 Å². The van der Waals surface area contributed by atoms with Crippen molar-refractivity contribution in [1.29, 1.82) is 0 Å². The van der Waals surface area contributed by atoms with E-state index in [1.165, 1.54) is 13.2 Å². The van der Waals surface area contributed by atoms with Gasteiger partial charge in [-0.3, -0.25) is 4.99 Å². The topological polar surface area (TPSA) is 104 Å².